The molecule has 0 fully saturated rings. The number of aromatic nitrogens is 1. The Hall–Kier alpha value is -2.10. The molecule has 7 nitrogen and oxygen atoms in total. The topological polar surface area (TPSA) is 91.5 Å². The summed E-state index contributed by atoms with van der Waals surface area (Å²) in [6.07, 6.45) is 0.513. The summed E-state index contributed by atoms with van der Waals surface area (Å²) >= 11 is 0. The third-order valence-corrected chi connectivity index (χ3v) is 3.97. The molecule has 0 aliphatic carbocycles. The van der Waals surface area contributed by atoms with Crippen LogP contribution in [0.3, 0.4) is 0 Å². The molecule has 1 aromatic carbocycles. The molecule has 1 aromatic heterocycles. The number of aliphatic imine (C=N–C) groups is 1. The first-order valence-corrected chi connectivity index (χ1v) is 9.13. The lowest BCUT2D eigenvalue weighted by Gasteiger charge is -2.12. The minimum atomic E-state index is 0. The van der Waals surface area contributed by atoms with Crippen LogP contribution in [0.5, 0.6) is 0 Å². The molecule has 28 heavy (non-hydrogen) atoms. The molecule has 0 aliphatic rings. The van der Waals surface area contributed by atoms with Crippen molar-refractivity contribution in [2.24, 2.45) is 10.9 Å². The van der Waals surface area contributed by atoms with Gasteiger partial charge in [-0.15, -0.1) is 24.0 Å². The lowest BCUT2D eigenvalue weighted by atomic mass is 10.1. The lowest BCUT2D eigenvalue weighted by Crippen LogP contribution is -2.36. The third-order valence-electron chi connectivity index (χ3n) is 3.97. The molecule has 0 spiro atoms. The number of carbonyl (C=O) groups is 1. The van der Waals surface area contributed by atoms with Gasteiger partial charge in [-0.05, 0) is 37.5 Å². The standard InChI is InChI=1S/C20H29N5O2.HI/c1-13(2)9-18(26)25-17-8-6-7-16(10-17)11-22-20(21-5)23-12-19-24-14(3)15(4)27-19;/h6-8,10,13H,9,11-12H2,1-5H3,(H,25,26)(H2,21,22,23);1H. The van der Waals surface area contributed by atoms with E-state index < -0.39 is 0 Å². The Bertz CT molecular complexity index is 782. The van der Waals surface area contributed by atoms with Gasteiger partial charge in [0.25, 0.3) is 0 Å². The Morgan fingerprint density at radius 2 is 1.93 bits per heavy atom. The van der Waals surface area contributed by atoms with Gasteiger partial charge in [-0.3, -0.25) is 9.79 Å². The van der Waals surface area contributed by atoms with Crippen molar-refractivity contribution in [3.8, 4) is 0 Å². The summed E-state index contributed by atoms with van der Waals surface area (Å²) in [4.78, 5) is 20.5. The number of guanidine groups is 1. The van der Waals surface area contributed by atoms with Crippen LogP contribution in [0.2, 0.25) is 0 Å². The number of hydrogen-bond acceptors (Lipinski definition) is 4. The predicted molar refractivity (Wildman–Crippen MR) is 123 cm³/mol. The van der Waals surface area contributed by atoms with E-state index in [0.29, 0.717) is 37.3 Å². The van der Waals surface area contributed by atoms with Crippen molar-refractivity contribution in [2.75, 3.05) is 12.4 Å². The monoisotopic (exact) mass is 499 g/mol. The summed E-state index contributed by atoms with van der Waals surface area (Å²) < 4.78 is 5.56. The first kappa shape index (κ1) is 23.9. The summed E-state index contributed by atoms with van der Waals surface area (Å²) in [5.74, 6) is 2.47. The maximum Gasteiger partial charge on any atom is 0.224 e. The number of amides is 1. The first-order valence-electron chi connectivity index (χ1n) is 9.13. The summed E-state index contributed by atoms with van der Waals surface area (Å²) in [6.45, 7) is 8.91. The van der Waals surface area contributed by atoms with Gasteiger partial charge in [-0.1, -0.05) is 26.0 Å². The molecule has 0 bridgehead atoms. The average molecular weight is 499 g/mol. The lowest BCUT2D eigenvalue weighted by molar-refractivity contribution is -0.116. The highest BCUT2D eigenvalue weighted by Gasteiger charge is 2.08. The van der Waals surface area contributed by atoms with E-state index in [4.69, 9.17) is 4.42 Å². The van der Waals surface area contributed by atoms with E-state index in [2.05, 4.69) is 25.9 Å². The van der Waals surface area contributed by atoms with Crippen LogP contribution in [0.25, 0.3) is 0 Å². The molecular formula is C20H30IN5O2. The highest BCUT2D eigenvalue weighted by atomic mass is 127. The number of anilines is 1. The van der Waals surface area contributed by atoms with Crippen molar-refractivity contribution in [3.63, 3.8) is 0 Å². The molecule has 0 aliphatic heterocycles. The summed E-state index contributed by atoms with van der Waals surface area (Å²) in [5.41, 5.74) is 2.74. The molecule has 3 N–H and O–H groups in total. The number of carbonyl (C=O) groups excluding carboxylic acids is 1. The molecule has 154 valence electrons. The second-order valence-corrected chi connectivity index (χ2v) is 6.88. The van der Waals surface area contributed by atoms with Crippen molar-refractivity contribution in [1.29, 1.82) is 0 Å². The molecule has 1 heterocycles. The van der Waals surface area contributed by atoms with Gasteiger partial charge in [0.1, 0.15) is 5.76 Å². The number of aryl methyl sites for hydroxylation is 2. The number of nitrogens with one attached hydrogen (secondary N) is 3. The van der Waals surface area contributed by atoms with Crippen molar-refractivity contribution in [1.82, 2.24) is 15.6 Å². The smallest absolute Gasteiger partial charge is 0.224 e. The van der Waals surface area contributed by atoms with Gasteiger partial charge in [0.15, 0.2) is 5.96 Å². The molecule has 1 amide bonds. The number of rotatable bonds is 7. The Morgan fingerprint density at radius 1 is 1.21 bits per heavy atom. The number of hydrogen-bond donors (Lipinski definition) is 3. The fourth-order valence-corrected chi connectivity index (χ4v) is 2.52. The molecule has 0 unspecified atom stereocenters. The van der Waals surface area contributed by atoms with E-state index in [0.717, 1.165) is 22.7 Å². The number of halogens is 1. The Labute approximate surface area is 183 Å². The molecular weight excluding hydrogens is 469 g/mol. The minimum absolute atomic E-state index is 0. The van der Waals surface area contributed by atoms with E-state index in [9.17, 15) is 4.79 Å². The maximum absolute atomic E-state index is 11.9. The normalized spacial score (nSPS) is 11.1. The van der Waals surface area contributed by atoms with Gasteiger partial charge >= 0.3 is 0 Å². The molecule has 8 heteroatoms. The molecule has 0 radical (unpaired) electrons. The van der Waals surface area contributed by atoms with E-state index in [-0.39, 0.29) is 29.9 Å². The van der Waals surface area contributed by atoms with Crippen LogP contribution in [0.1, 0.15) is 43.2 Å². The summed E-state index contributed by atoms with van der Waals surface area (Å²) in [7, 11) is 1.71. The fourth-order valence-electron chi connectivity index (χ4n) is 2.52. The Balaban J connectivity index is 0.00000392. The second kappa shape index (κ2) is 11.7. The zero-order valence-electron chi connectivity index (χ0n) is 17.1. The SMILES string of the molecule is CN=C(NCc1cccc(NC(=O)CC(C)C)c1)NCc1nc(C)c(C)o1.I. The van der Waals surface area contributed by atoms with Crippen LogP contribution < -0.4 is 16.0 Å². The zero-order valence-corrected chi connectivity index (χ0v) is 19.5. The van der Waals surface area contributed by atoms with Gasteiger partial charge in [-0.2, -0.15) is 0 Å². The van der Waals surface area contributed by atoms with Crippen LogP contribution in [0.15, 0.2) is 33.7 Å². The molecule has 0 saturated carbocycles. The number of oxazole rings is 1. The first-order chi connectivity index (χ1) is 12.9. The van der Waals surface area contributed by atoms with Gasteiger partial charge in [-0.25, -0.2) is 4.98 Å². The van der Waals surface area contributed by atoms with Gasteiger partial charge in [0.05, 0.1) is 12.2 Å². The number of nitrogens with zero attached hydrogens (tertiary/aromatic N) is 2. The second-order valence-electron chi connectivity index (χ2n) is 6.88. The van der Waals surface area contributed by atoms with Crippen molar-refractivity contribution in [2.45, 2.75) is 47.2 Å². The van der Waals surface area contributed by atoms with Gasteiger partial charge in [0, 0.05) is 25.7 Å². The zero-order chi connectivity index (χ0) is 19.8. The van der Waals surface area contributed by atoms with Crippen LogP contribution >= 0.6 is 24.0 Å². The van der Waals surface area contributed by atoms with Crippen molar-refractivity contribution >= 4 is 41.5 Å². The predicted octanol–water partition coefficient (Wildman–Crippen LogP) is 3.76. The van der Waals surface area contributed by atoms with Crippen molar-refractivity contribution in [3.05, 3.63) is 47.2 Å². The van der Waals surface area contributed by atoms with Crippen LogP contribution in [-0.2, 0) is 17.9 Å². The third kappa shape index (κ3) is 7.87. The van der Waals surface area contributed by atoms with E-state index >= 15 is 0 Å². The molecule has 0 atom stereocenters. The number of benzene rings is 1. The molecule has 2 aromatic rings. The molecule has 2 rings (SSSR count). The summed E-state index contributed by atoms with van der Waals surface area (Å²) in [5, 5.41) is 9.36. The van der Waals surface area contributed by atoms with Gasteiger partial charge in [0.2, 0.25) is 11.8 Å². The Kier molecular flexibility index (Phi) is 9.98. The highest BCUT2D eigenvalue weighted by molar-refractivity contribution is 14.0. The average Bonchev–Trinajstić information content (AvgIpc) is 2.92. The quantitative estimate of drug-likeness (QED) is 0.307. The fraction of sp³-hybridized carbons (Fsp3) is 0.450. The Morgan fingerprint density at radius 3 is 2.54 bits per heavy atom. The largest absolute Gasteiger partial charge is 0.444 e. The summed E-state index contributed by atoms with van der Waals surface area (Å²) in [6, 6.07) is 7.77. The van der Waals surface area contributed by atoms with Crippen LogP contribution in [0.4, 0.5) is 5.69 Å². The van der Waals surface area contributed by atoms with E-state index in [1.54, 1.807) is 7.05 Å². The molecule has 0 saturated heterocycles. The maximum atomic E-state index is 11.9. The van der Waals surface area contributed by atoms with Gasteiger partial charge < -0.3 is 20.4 Å². The minimum Gasteiger partial charge on any atom is -0.444 e. The van der Waals surface area contributed by atoms with Crippen molar-refractivity contribution < 1.29 is 9.21 Å². The van der Waals surface area contributed by atoms with Crippen LogP contribution in [0, 0.1) is 19.8 Å². The van der Waals surface area contributed by atoms with Crippen LogP contribution in [-0.4, -0.2) is 23.9 Å². The highest BCUT2D eigenvalue weighted by Crippen LogP contribution is 2.12. The van der Waals surface area contributed by atoms with E-state index in [1.807, 2.05) is 52.0 Å². The van der Waals surface area contributed by atoms with E-state index in [1.165, 1.54) is 0 Å².